The molecule has 0 saturated heterocycles. The summed E-state index contributed by atoms with van der Waals surface area (Å²) in [4.78, 5) is 4.86. The van der Waals surface area contributed by atoms with Gasteiger partial charge in [0.25, 0.3) is 6.33 Å². The van der Waals surface area contributed by atoms with E-state index in [-0.39, 0.29) is 44.1 Å². The summed E-state index contributed by atoms with van der Waals surface area (Å²) in [5.41, 5.74) is 7.88. The molecule has 374 valence electrons. The zero-order chi connectivity index (χ0) is 55.6. The summed E-state index contributed by atoms with van der Waals surface area (Å²) in [5, 5.41) is 6.93. The molecule has 10 aromatic carbocycles. The van der Waals surface area contributed by atoms with Crippen LogP contribution in [0.15, 0.2) is 261 Å². The normalized spacial score (nSPS) is 12.6. The first-order chi connectivity index (χ1) is 39.4. The van der Waals surface area contributed by atoms with Gasteiger partial charge in [0.1, 0.15) is 5.82 Å². The van der Waals surface area contributed by atoms with Gasteiger partial charge in [0.2, 0.25) is 0 Å². The Balaban J connectivity index is 0.00000665. The third-order valence-corrected chi connectivity index (χ3v) is 19.2. The molecule has 7 heteroatoms. The number of benzene rings is 10. The van der Waals surface area contributed by atoms with Gasteiger partial charge in [-0.3, -0.25) is 4.57 Å². The first-order valence-electron chi connectivity index (χ1n) is 28.0. The van der Waals surface area contributed by atoms with Crippen molar-refractivity contribution in [3.8, 4) is 50.9 Å². The zero-order valence-corrected chi connectivity index (χ0v) is 45.7. The second-order valence-electron chi connectivity index (χ2n) is 20.0. The van der Waals surface area contributed by atoms with E-state index in [4.69, 9.17) is 13.8 Å². The van der Waals surface area contributed by atoms with E-state index < -0.39 is 26.2 Å². The number of para-hydroxylation sites is 4. The van der Waals surface area contributed by atoms with Gasteiger partial charge in [0.05, 0.1) is 23.6 Å². The number of hydrogen-bond donors (Lipinski definition) is 0. The Labute approximate surface area is 472 Å². The second-order valence-corrected chi connectivity index (χ2v) is 23.8. The van der Waals surface area contributed by atoms with Crippen molar-refractivity contribution in [1.82, 2.24) is 14.1 Å². The van der Waals surface area contributed by atoms with Crippen molar-refractivity contribution in [2.45, 2.75) is 26.2 Å². The molecule has 3 aromatic heterocycles. The minimum absolute atomic E-state index is 0. The largest absolute Gasteiger partial charge is 0.510 e. The molecule has 0 amide bonds. The summed E-state index contributed by atoms with van der Waals surface area (Å²) >= 11 is 0. The number of fused-ring (bicyclic) bond motifs is 4. The van der Waals surface area contributed by atoms with Crippen LogP contribution in [0.3, 0.4) is 0 Å². The molecule has 13 rings (SSSR count). The molecule has 0 N–H and O–H groups in total. The van der Waals surface area contributed by atoms with Crippen LogP contribution >= 0.6 is 0 Å². The number of aromatic nitrogens is 4. The van der Waals surface area contributed by atoms with Crippen LogP contribution < -0.4 is 30.1 Å². The number of pyridine rings is 1. The SMILES string of the molecule is [2H]c1c([2H])c([2H])c(-c2cccc(-c3cccc([Si](c4ccccc4)(c4ccccc4)c4ccccc4)c3)c2-[n+]2[c-]n(-c3[c-]c(Oc4[c-]c5c(cc4)c4ccccc4n5-c4cc(C(C)(C)C)ccn4)ccc3)c3ccccc32)c([2H])c1[2H].[Pt]. The number of rotatable bonds is 11. The molecular formula is C70H52N4OPtSi-2. The molecule has 0 bridgehead atoms. The fraction of sp³-hybridized carbons (Fsp3) is 0.0571. The molecule has 0 aliphatic carbocycles. The van der Waals surface area contributed by atoms with Crippen LogP contribution in [0, 0.1) is 18.5 Å². The molecule has 3 heterocycles. The first kappa shape index (κ1) is 43.6. The Morgan fingerprint density at radius 1 is 0.532 bits per heavy atom. The third kappa shape index (κ3) is 8.84. The van der Waals surface area contributed by atoms with Gasteiger partial charge in [-0.15, -0.1) is 29.7 Å². The van der Waals surface area contributed by atoms with E-state index in [1.54, 1.807) is 0 Å². The van der Waals surface area contributed by atoms with Crippen molar-refractivity contribution in [3.63, 3.8) is 0 Å². The maximum absolute atomic E-state index is 9.37. The predicted molar refractivity (Wildman–Crippen MR) is 313 cm³/mol. The summed E-state index contributed by atoms with van der Waals surface area (Å²) in [6.45, 7) is 6.60. The van der Waals surface area contributed by atoms with Gasteiger partial charge in [0, 0.05) is 44.3 Å². The van der Waals surface area contributed by atoms with Crippen molar-refractivity contribution in [2.75, 3.05) is 0 Å². The Bertz CT molecular complexity index is 4440. The number of nitrogens with zero attached hydrogens (tertiary/aromatic N) is 4. The fourth-order valence-corrected chi connectivity index (χ4v) is 15.7. The van der Waals surface area contributed by atoms with E-state index in [9.17, 15) is 2.74 Å². The van der Waals surface area contributed by atoms with Crippen LogP contribution in [0.2, 0.25) is 0 Å². The summed E-state index contributed by atoms with van der Waals surface area (Å²) in [5.74, 6) is 1.75. The van der Waals surface area contributed by atoms with Gasteiger partial charge in [0.15, 0.2) is 8.07 Å². The van der Waals surface area contributed by atoms with Gasteiger partial charge >= 0.3 is 0 Å². The van der Waals surface area contributed by atoms with Crippen molar-refractivity contribution in [3.05, 3.63) is 285 Å². The van der Waals surface area contributed by atoms with Crippen molar-refractivity contribution in [2.24, 2.45) is 0 Å². The molecule has 0 saturated carbocycles. The Morgan fingerprint density at radius 3 is 1.83 bits per heavy atom. The van der Waals surface area contributed by atoms with Crippen LogP contribution in [-0.2, 0) is 26.5 Å². The maximum Gasteiger partial charge on any atom is 0.268 e. The van der Waals surface area contributed by atoms with Gasteiger partial charge in [-0.1, -0.05) is 232 Å². The molecule has 0 atom stereocenters. The average molecular weight is 1190 g/mol. The van der Waals surface area contributed by atoms with E-state index in [0.717, 1.165) is 55.0 Å². The van der Waals surface area contributed by atoms with E-state index in [1.165, 1.54) is 21.1 Å². The van der Waals surface area contributed by atoms with Gasteiger partial charge in [-0.25, -0.2) is 4.98 Å². The smallest absolute Gasteiger partial charge is 0.268 e. The van der Waals surface area contributed by atoms with Crippen LogP contribution in [0.1, 0.15) is 33.2 Å². The predicted octanol–water partition coefficient (Wildman–Crippen LogP) is 13.6. The van der Waals surface area contributed by atoms with Crippen LogP contribution in [0.5, 0.6) is 11.5 Å². The number of hydrogen-bond acceptors (Lipinski definition) is 2. The molecule has 13 aromatic rings. The Morgan fingerprint density at radius 2 is 1.13 bits per heavy atom. The third-order valence-electron chi connectivity index (χ3n) is 14.4. The Kier molecular flexibility index (Phi) is 11.6. The molecule has 77 heavy (non-hydrogen) atoms. The summed E-state index contributed by atoms with van der Waals surface area (Å²) < 4.78 is 57.8. The van der Waals surface area contributed by atoms with E-state index in [0.29, 0.717) is 28.4 Å². The minimum Gasteiger partial charge on any atom is -0.510 e. The van der Waals surface area contributed by atoms with Crippen LogP contribution in [0.25, 0.3) is 72.3 Å². The monoisotopic (exact) mass is 1190 g/mol. The number of imidazole rings is 1. The van der Waals surface area contributed by atoms with Crippen molar-refractivity contribution in [1.29, 1.82) is 0 Å². The second kappa shape index (κ2) is 20.5. The first-order valence-corrected chi connectivity index (χ1v) is 27.5. The van der Waals surface area contributed by atoms with E-state index in [1.807, 2.05) is 94.2 Å². The summed E-state index contributed by atoms with van der Waals surface area (Å²) in [6, 6.07) is 82.3. The molecule has 0 aliphatic heterocycles. The zero-order valence-electron chi connectivity index (χ0n) is 47.5. The maximum atomic E-state index is 9.37. The quantitative estimate of drug-likeness (QED) is 0.0560. The van der Waals surface area contributed by atoms with Crippen molar-refractivity contribution >= 4 is 61.7 Å². The van der Waals surface area contributed by atoms with Crippen LogP contribution in [-0.4, -0.2) is 22.2 Å². The van der Waals surface area contributed by atoms with Gasteiger partial charge in [-0.2, -0.15) is 18.2 Å². The van der Waals surface area contributed by atoms with E-state index >= 15 is 0 Å². The molecule has 0 unspecified atom stereocenters. The average Bonchev–Trinajstić information content (AvgIpc) is 3.99. The molecule has 5 nitrogen and oxygen atoms in total. The van der Waals surface area contributed by atoms with E-state index in [2.05, 4.69) is 189 Å². The summed E-state index contributed by atoms with van der Waals surface area (Å²) in [6.07, 6.45) is 5.57. The molecule has 0 aliphatic rings. The topological polar surface area (TPSA) is 35.9 Å². The molecule has 0 fully saturated rings. The number of ether oxygens (including phenoxy) is 1. The Hall–Kier alpha value is -8.67. The van der Waals surface area contributed by atoms with Gasteiger partial charge in [-0.05, 0) is 83.3 Å². The van der Waals surface area contributed by atoms with Crippen LogP contribution in [0.4, 0.5) is 0 Å². The summed E-state index contributed by atoms with van der Waals surface area (Å²) in [7, 11) is -3.02. The minimum atomic E-state index is -3.02. The molecule has 0 radical (unpaired) electrons. The molecule has 0 spiro atoms. The fourth-order valence-electron chi connectivity index (χ4n) is 10.9. The molecular weight excluding hydrogens is 1140 g/mol. The van der Waals surface area contributed by atoms with Crippen molar-refractivity contribution < 1.29 is 37.2 Å². The standard InChI is InChI=1S/C70H52N4OSi.Pt/c1-70(2,3)52-43-44-71-68(46-52)74-64-38-17-16-35-62(64)63-42-41-55(48-67(63)74)75-54-27-21-26-53(47-54)72-49-73(66-40-19-18-39-65(66)72)69-60(50-23-8-4-9-24-50)36-22-37-61(69)51-25-20-34-59(45-51)76(56-28-10-5-11-29-56,57-30-12-6-13-31-57)58-32-14-7-15-33-58;/h4-46H,1-3H3;/q-2;/i4D,8D,9D,23D,24D;. The van der Waals surface area contributed by atoms with Gasteiger partial charge < -0.3 is 13.9 Å².